The van der Waals surface area contributed by atoms with Crippen molar-refractivity contribution in [3.8, 4) is 0 Å². The van der Waals surface area contributed by atoms with Crippen LogP contribution in [0.3, 0.4) is 0 Å². The second kappa shape index (κ2) is 7.28. The van der Waals surface area contributed by atoms with E-state index in [4.69, 9.17) is 9.31 Å². The Balaban J connectivity index is 3.60. The van der Waals surface area contributed by atoms with Gasteiger partial charge in [0.05, 0.1) is 0 Å². The lowest BCUT2D eigenvalue weighted by Gasteiger charge is -2.26. The van der Waals surface area contributed by atoms with Gasteiger partial charge in [0.25, 0.3) is 0 Å². The molecule has 20 heavy (non-hydrogen) atoms. The van der Waals surface area contributed by atoms with E-state index in [1.165, 1.54) is 16.7 Å². The number of hydrogen-bond donors (Lipinski definition) is 0. The molecule has 0 radical (unpaired) electrons. The molecule has 112 valence electrons. The van der Waals surface area contributed by atoms with Crippen molar-refractivity contribution in [3.63, 3.8) is 0 Å². The highest BCUT2D eigenvalue weighted by molar-refractivity contribution is 6.61. The van der Waals surface area contributed by atoms with Gasteiger partial charge in [-0.2, -0.15) is 0 Å². The summed E-state index contributed by atoms with van der Waals surface area (Å²) in [5.74, 6) is 1.48. The van der Waals surface area contributed by atoms with E-state index >= 15 is 0 Å². The lowest BCUT2D eigenvalue weighted by atomic mass is 9.69. The third kappa shape index (κ3) is 3.45. The van der Waals surface area contributed by atoms with E-state index in [1.54, 1.807) is 14.2 Å². The molecule has 0 atom stereocenters. The highest BCUT2D eigenvalue weighted by Crippen LogP contribution is 2.32. The molecule has 0 N–H and O–H groups in total. The molecule has 1 rings (SSSR count). The first-order valence-corrected chi connectivity index (χ1v) is 7.57. The number of rotatable bonds is 6. The van der Waals surface area contributed by atoms with Crippen LogP contribution in [0, 0.1) is 0 Å². The fraction of sp³-hybridized carbons (Fsp3) is 0.647. The molecular formula is C17H29BO2. The summed E-state index contributed by atoms with van der Waals surface area (Å²) in [6.07, 6.45) is 0. The third-order valence-electron chi connectivity index (χ3n) is 3.81. The maximum absolute atomic E-state index is 5.49. The zero-order valence-corrected chi connectivity index (χ0v) is 14.3. The molecule has 0 saturated carbocycles. The predicted molar refractivity (Wildman–Crippen MR) is 88.1 cm³/mol. The van der Waals surface area contributed by atoms with Crippen LogP contribution >= 0.6 is 0 Å². The molecule has 0 unspecified atom stereocenters. The highest BCUT2D eigenvalue weighted by atomic mass is 16.6. The van der Waals surface area contributed by atoms with Crippen LogP contribution in [0.4, 0.5) is 0 Å². The van der Waals surface area contributed by atoms with Crippen molar-refractivity contribution < 1.29 is 9.31 Å². The van der Waals surface area contributed by atoms with E-state index in [9.17, 15) is 0 Å². The van der Waals surface area contributed by atoms with Gasteiger partial charge in [0.15, 0.2) is 0 Å². The normalized spacial score (nSPS) is 11.8. The topological polar surface area (TPSA) is 18.5 Å². The minimum Gasteiger partial charge on any atom is -0.410 e. The Morgan fingerprint density at radius 3 is 1.60 bits per heavy atom. The Hall–Kier alpha value is -0.795. The van der Waals surface area contributed by atoms with Crippen LogP contribution in [0.1, 0.15) is 76.0 Å². The minimum absolute atomic E-state index is 0.286. The van der Waals surface area contributed by atoms with E-state index in [2.05, 4.69) is 53.7 Å². The van der Waals surface area contributed by atoms with Gasteiger partial charge < -0.3 is 9.31 Å². The van der Waals surface area contributed by atoms with Crippen molar-refractivity contribution in [2.45, 2.75) is 59.3 Å². The predicted octanol–water partition coefficient (Wildman–Crippen LogP) is 4.04. The number of hydrogen-bond acceptors (Lipinski definition) is 2. The lowest BCUT2D eigenvalue weighted by Crippen LogP contribution is -2.39. The number of benzene rings is 1. The van der Waals surface area contributed by atoms with E-state index in [0.717, 1.165) is 5.46 Å². The fourth-order valence-corrected chi connectivity index (χ4v) is 3.02. The average molecular weight is 276 g/mol. The van der Waals surface area contributed by atoms with Crippen LogP contribution in [0.5, 0.6) is 0 Å². The molecule has 0 spiro atoms. The summed E-state index contributed by atoms with van der Waals surface area (Å²) in [6, 6.07) is 4.42. The molecule has 2 nitrogen and oxygen atoms in total. The van der Waals surface area contributed by atoms with Crippen molar-refractivity contribution in [2.75, 3.05) is 14.2 Å². The lowest BCUT2D eigenvalue weighted by molar-refractivity contribution is 0.291. The van der Waals surface area contributed by atoms with Crippen LogP contribution in [0.15, 0.2) is 12.1 Å². The maximum Gasteiger partial charge on any atom is 0.493 e. The molecule has 0 saturated heterocycles. The van der Waals surface area contributed by atoms with Gasteiger partial charge in [-0.05, 0) is 39.9 Å². The summed E-state index contributed by atoms with van der Waals surface area (Å²) >= 11 is 0. The van der Waals surface area contributed by atoms with Gasteiger partial charge in [0.1, 0.15) is 0 Å². The molecule has 0 bridgehead atoms. The Kier molecular flexibility index (Phi) is 6.28. The molecule has 0 aliphatic rings. The molecule has 0 aromatic heterocycles. The van der Waals surface area contributed by atoms with Crippen LogP contribution in [-0.2, 0) is 9.31 Å². The zero-order valence-electron chi connectivity index (χ0n) is 14.3. The van der Waals surface area contributed by atoms with Gasteiger partial charge in [-0.1, -0.05) is 53.7 Å². The van der Waals surface area contributed by atoms with Gasteiger partial charge in [-0.25, -0.2) is 0 Å². The van der Waals surface area contributed by atoms with Crippen molar-refractivity contribution >= 4 is 12.6 Å². The van der Waals surface area contributed by atoms with Gasteiger partial charge in [-0.15, -0.1) is 0 Å². The molecule has 0 heterocycles. The van der Waals surface area contributed by atoms with Crippen molar-refractivity contribution in [1.29, 1.82) is 0 Å². The van der Waals surface area contributed by atoms with E-state index in [0.29, 0.717) is 17.8 Å². The second-order valence-electron chi connectivity index (χ2n) is 6.34. The second-order valence-corrected chi connectivity index (χ2v) is 6.34. The Labute approximate surface area is 125 Å². The van der Waals surface area contributed by atoms with Crippen LogP contribution in [0.25, 0.3) is 0 Å². The van der Waals surface area contributed by atoms with Crippen molar-refractivity contribution in [1.82, 2.24) is 0 Å². The molecule has 3 heteroatoms. The molecule has 0 aliphatic carbocycles. The third-order valence-corrected chi connectivity index (χ3v) is 3.81. The molecule has 0 amide bonds. The molecule has 0 aliphatic heterocycles. The first-order valence-electron chi connectivity index (χ1n) is 7.57. The summed E-state index contributed by atoms with van der Waals surface area (Å²) in [5, 5.41) is 0. The molecule has 1 aromatic rings. The Bertz CT molecular complexity index is 435. The summed E-state index contributed by atoms with van der Waals surface area (Å²) in [7, 11) is 3.11. The van der Waals surface area contributed by atoms with Gasteiger partial charge >= 0.3 is 7.12 Å². The summed E-state index contributed by atoms with van der Waals surface area (Å²) in [5.41, 5.74) is 5.46. The highest BCUT2D eigenvalue weighted by Gasteiger charge is 2.27. The average Bonchev–Trinajstić information content (AvgIpc) is 2.38. The van der Waals surface area contributed by atoms with Crippen LogP contribution in [0.2, 0.25) is 0 Å². The van der Waals surface area contributed by atoms with Gasteiger partial charge in [-0.3, -0.25) is 0 Å². The molecule has 0 fully saturated rings. The SMILES string of the molecule is COB(OC)c1ccc(C(C)C)c(C(C)C)c1C(C)C. The minimum atomic E-state index is -0.286. The quantitative estimate of drug-likeness (QED) is 0.730. The van der Waals surface area contributed by atoms with Gasteiger partial charge in [0, 0.05) is 14.2 Å². The first-order chi connectivity index (χ1) is 9.34. The van der Waals surface area contributed by atoms with E-state index in [1.807, 2.05) is 0 Å². The van der Waals surface area contributed by atoms with E-state index < -0.39 is 0 Å². The van der Waals surface area contributed by atoms with Crippen LogP contribution < -0.4 is 5.46 Å². The smallest absolute Gasteiger partial charge is 0.410 e. The molecule has 1 aromatic carbocycles. The largest absolute Gasteiger partial charge is 0.493 e. The van der Waals surface area contributed by atoms with E-state index in [-0.39, 0.29) is 7.12 Å². The van der Waals surface area contributed by atoms with Crippen molar-refractivity contribution in [2.24, 2.45) is 0 Å². The zero-order chi connectivity index (χ0) is 15.4. The molecular weight excluding hydrogens is 247 g/mol. The Morgan fingerprint density at radius 1 is 0.750 bits per heavy atom. The monoisotopic (exact) mass is 276 g/mol. The summed E-state index contributed by atoms with van der Waals surface area (Å²) < 4.78 is 11.0. The standard InChI is InChI=1S/C17H29BO2/c1-11(2)14-9-10-15(18(19-7)20-8)17(13(5)6)16(14)12(3)4/h9-13H,1-8H3. The van der Waals surface area contributed by atoms with Gasteiger partial charge in [0.2, 0.25) is 0 Å². The summed E-state index contributed by atoms with van der Waals surface area (Å²) in [6.45, 7) is 13.6. The van der Waals surface area contributed by atoms with Crippen LogP contribution in [-0.4, -0.2) is 21.3 Å². The first kappa shape index (κ1) is 17.3. The summed E-state index contributed by atoms with van der Waals surface area (Å²) in [4.78, 5) is 0. The Morgan fingerprint density at radius 2 is 1.25 bits per heavy atom. The maximum atomic E-state index is 5.49. The van der Waals surface area contributed by atoms with Crippen molar-refractivity contribution in [3.05, 3.63) is 28.8 Å². The fourth-order valence-electron chi connectivity index (χ4n) is 3.02.